The van der Waals surface area contributed by atoms with Crippen LogP contribution in [0.2, 0.25) is 0 Å². The molecule has 1 aromatic rings. The Hall–Kier alpha value is -0.490. The summed E-state index contributed by atoms with van der Waals surface area (Å²) in [4.78, 5) is 0.246. The molecule has 100 valence electrons. The average Bonchev–Trinajstić information content (AvgIpc) is 2.79. The van der Waals surface area contributed by atoms with Crippen LogP contribution in [-0.2, 0) is 0 Å². The molecule has 0 aliphatic carbocycles. The highest BCUT2D eigenvalue weighted by Crippen LogP contribution is 2.40. The maximum Gasteiger partial charge on any atom is 0.446 e. The van der Waals surface area contributed by atoms with Crippen LogP contribution < -0.4 is 5.32 Å². The fourth-order valence-electron chi connectivity index (χ4n) is 1.82. The molecule has 0 spiro atoms. The van der Waals surface area contributed by atoms with Gasteiger partial charge in [0.25, 0.3) is 0 Å². The Bertz CT molecular complexity index is 389. The molecule has 1 saturated heterocycles. The van der Waals surface area contributed by atoms with Crippen LogP contribution in [0.5, 0.6) is 0 Å². The van der Waals surface area contributed by atoms with Crippen LogP contribution >= 0.6 is 23.5 Å². The largest absolute Gasteiger partial charge is 0.446 e. The van der Waals surface area contributed by atoms with Crippen LogP contribution in [0.15, 0.2) is 29.2 Å². The van der Waals surface area contributed by atoms with E-state index in [2.05, 4.69) is 5.32 Å². The van der Waals surface area contributed by atoms with Crippen LogP contribution in [0.25, 0.3) is 0 Å². The summed E-state index contributed by atoms with van der Waals surface area (Å²) < 4.78 is 37.2. The molecule has 0 bridgehead atoms. The summed E-state index contributed by atoms with van der Waals surface area (Å²) in [6.07, 6.45) is 1.15. The third-order valence-electron chi connectivity index (χ3n) is 2.72. The molecule has 0 aromatic heterocycles. The molecule has 1 N–H and O–H groups in total. The maximum atomic E-state index is 12.4. The van der Waals surface area contributed by atoms with Gasteiger partial charge in [-0.25, -0.2) is 0 Å². The predicted octanol–water partition coefficient (Wildman–Crippen LogP) is 4.46. The molecule has 1 aliphatic rings. The van der Waals surface area contributed by atoms with Gasteiger partial charge in [0.05, 0.1) is 0 Å². The summed E-state index contributed by atoms with van der Waals surface area (Å²) in [5.74, 6) is 2.83. The molecule has 0 radical (unpaired) electrons. The summed E-state index contributed by atoms with van der Waals surface area (Å²) in [7, 11) is 0. The number of para-hydroxylation sites is 1. The first kappa shape index (κ1) is 13.9. The highest BCUT2D eigenvalue weighted by atomic mass is 32.2. The van der Waals surface area contributed by atoms with Crippen molar-refractivity contribution in [3.63, 3.8) is 0 Å². The Morgan fingerprint density at radius 3 is 2.78 bits per heavy atom. The molecule has 1 unspecified atom stereocenters. The molecule has 1 fully saturated rings. The van der Waals surface area contributed by atoms with Crippen LogP contribution in [0.3, 0.4) is 0 Å². The number of thioether (sulfide) groups is 2. The summed E-state index contributed by atoms with van der Waals surface area (Å²) in [5, 5.41) is 3.14. The lowest BCUT2D eigenvalue weighted by Gasteiger charge is -2.15. The van der Waals surface area contributed by atoms with Crippen LogP contribution in [-0.4, -0.2) is 23.6 Å². The minimum atomic E-state index is -4.24. The van der Waals surface area contributed by atoms with Gasteiger partial charge in [0.1, 0.15) is 0 Å². The molecule has 18 heavy (non-hydrogen) atoms. The molecule has 2 rings (SSSR count). The van der Waals surface area contributed by atoms with Gasteiger partial charge in [0.15, 0.2) is 0 Å². The molecule has 1 heterocycles. The van der Waals surface area contributed by atoms with Crippen molar-refractivity contribution in [3.8, 4) is 0 Å². The van der Waals surface area contributed by atoms with Crippen molar-refractivity contribution in [3.05, 3.63) is 24.3 Å². The Morgan fingerprint density at radius 2 is 2.11 bits per heavy atom. The van der Waals surface area contributed by atoms with Gasteiger partial charge in [-0.05, 0) is 47.7 Å². The van der Waals surface area contributed by atoms with Crippen molar-refractivity contribution in [1.82, 2.24) is 0 Å². The molecule has 0 saturated carbocycles. The van der Waals surface area contributed by atoms with Gasteiger partial charge in [0.2, 0.25) is 0 Å². The summed E-state index contributed by atoms with van der Waals surface area (Å²) in [5.41, 5.74) is -3.65. The fourth-order valence-corrected chi connectivity index (χ4v) is 3.76. The number of nitrogens with one attached hydrogen (secondary N) is 1. The van der Waals surface area contributed by atoms with Crippen molar-refractivity contribution in [2.24, 2.45) is 5.92 Å². The normalized spacial score (nSPS) is 20.1. The summed E-state index contributed by atoms with van der Waals surface area (Å²) in [6.45, 7) is 0.752. The minimum absolute atomic E-state index is 0.0579. The third kappa shape index (κ3) is 4.31. The molecule has 1 nitrogen and oxygen atoms in total. The van der Waals surface area contributed by atoms with Gasteiger partial charge in [0, 0.05) is 17.1 Å². The van der Waals surface area contributed by atoms with Gasteiger partial charge in [-0.1, -0.05) is 12.1 Å². The minimum Gasteiger partial charge on any atom is -0.384 e. The zero-order valence-electron chi connectivity index (χ0n) is 9.67. The van der Waals surface area contributed by atoms with E-state index in [1.54, 1.807) is 18.2 Å². The van der Waals surface area contributed by atoms with E-state index < -0.39 is 5.51 Å². The van der Waals surface area contributed by atoms with E-state index >= 15 is 0 Å². The number of halogens is 3. The second-order valence-electron chi connectivity index (χ2n) is 4.15. The lowest BCUT2D eigenvalue weighted by Crippen LogP contribution is -2.14. The first-order valence-corrected chi connectivity index (χ1v) is 7.68. The van der Waals surface area contributed by atoms with Gasteiger partial charge in [-0.2, -0.15) is 24.9 Å². The van der Waals surface area contributed by atoms with Crippen molar-refractivity contribution < 1.29 is 13.2 Å². The molecule has 1 aromatic carbocycles. The maximum absolute atomic E-state index is 12.4. The number of benzene rings is 1. The number of hydrogen-bond donors (Lipinski definition) is 1. The summed E-state index contributed by atoms with van der Waals surface area (Å²) >= 11 is 1.85. The third-order valence-corrected chi connectivity index (χ3v) is 4.76. The SMILES string of the molecule is FC(F)(F)Sc1ccccc1NCC1CCSC1. The quantitative estimate of drug-likeness (QED) is 0.823. The van der Waals surface area contributed by atoms with E-state index in [9.17, 15) is 13.2 Å². The van der Waals surface area contributed by atoms with E-state index in [4.69, 9.17) is 0 Å². The molecule has 1 aliphatic heterocycles. The second kappa shape index (κ2) is 6.10. The predicted molar refractivity (Wildman–Crippen MR) is 72.3 cm³/mol. The van der Waals surface area contributed by atoms with Crippen molar-refractivity contribution in [2.75, 3.05) is 23.4 Å². The number of anilines is 1. The van der Waals surface area contributed by atoms with Crippen LogP contribution in [0, 0.1) is 5.92 Å². The zero-order chi connectivity index (χ0) is 13.0. The smallest absolute Gasteiger partial charge is 0.384 e. The molecule has 6 heteroatoms. The Balaban J connectivity index is 1.98. The highest BCUT2D eigenvalue weighted by molar-refractivity contribution is 8.00. The van der Waals surface area contributed by atoms with Gasteiger partial charge in [-0.15, -0.1) is 0 Å². The van der Waals surface area contributed by atoms with E-state index in [0.717, 1.165) is 24.5 Å². The van der Waals surface area contributed by atoms with E-state index in [1.165, 1.54) is 6.07 Å². The summed E-state index contributed by atoms with van der Waals surface area (Å²) in [6, 6.07) is 6.59. The van der Waals surface area contributed by atoms with E-state index in [0.29, 0.717) is 11.6 Å². The van der Waals surface area contributed by atoms with Crippen molar-refractivity contribution >= 4 is 29.2 Å². The average molecular weight is 293 g/mol. The lowest BCUT2D eigenvalue weighted by atomic mass is 10.1. The van der Waals surface area contributed by atoms with E-state index in [-0.39, 0.29) is 16.7 Å². The molecular weight excluding hydrogens is 279 g/mol. The first-order chi connectivity index (χ1) is 8.54. The monoisotopic (exact) mass is 293 g/mol. The van der Waals surface area contributed by atoms with Crippen LogP contribution in [0.4, 0.5) is 18.9 Å². The Labute approximate surface area is 113 Å². The Kier molecular flexibility index (Phi) is 4.72. The number of alkyl halides is 3. The van der Waals surface area contributed by atoms with Gasteiger partial charge >= 0.3 is 5.51 Å². The van der Waals surface area contributed by atoms with Gasteiger partial charge < -0.3 is 5.32 Å². The van der Waals surface area contributed by atoms with Gasteiger partial charge in [-0.3, -0.25) is 0 Å². The van der Waals surface area contributed by atoms with Crippen molar-refractivity contribution in [1.29, 1.82) is 0 Å². The highest BCUT2D eigenvalue weighted by Gasteiger charge is 2.30. The fraction of sp³-hybridized carbons (Fsp3) is 0.500. The number of hydrogen-bond acceptors (Lipinski definition) is 3. The molecule has 1 atom stereocenters. The molecular formula is C12H14F3NS2. The zero-order valence-corrected chi connectivity index (χ0v) is 11.3. The first-order valence-electron chi connectivity index (χ1n) is 5.71. The lowest BCUT2D eigenvalue weighted by molar-refractivity contribution is -0.0327. The van der Waals surface area contributed by atoms with Crippen molar-refractivity contribution in [2.45, 2.75) is 16.8 Å². The Morgan fingerprint density at radius 1 is 1.33 bits per heavy atom. The van der Waals surface area contributed by atoms with Crippen LogP contribution in [0.1, 0.15) is 6.42 Å². The standard InChI is InChI=1S/C12H14F3NS2/c13-12(14,15)18-11-4-2-1-3-10(11)16-7-9-5-6-17-8-9/h1-4,9,16H,5-8H2. The number of rotatable bonds is 4. The topological polar surface area (TPSA) is 12.0 Å². The van der Waals surface area contributed by atoms with E-state index in [1.807, 2.05) is 11.8 Å². The molecule has 0 amide bonds. The second-order valence-corrected chi connectivity index (χ2v) is 6.41.